The number of benzene rings is 2. The smallest absolute Gasteiger partial charge is 0.319 e. The van der Waals surface area contributed by atoms with E-state index in [0.29, 0.717) is 16.3 Å². The van der Waals surface area contributed by atoms with Crippen molar-refractivity contribution < 1.29 is 9.18 Å². The van der Waals surface area contributed by atoms with E-state index in [9.17, 15) is 9.18 Å². The van der Waals surface area contributed by atoms with E-state index in [1.165, 1.54) is 6.07 Å². The fourth-order valence-corrected chi connectivity index (χ4v) is 1.84. The zero-order valence-corrected chi connectivity index (χ0v) is 11.7. The summed E-state index contributed by atoms with van der Waals surface area (Å²) < 4.78 is 13.4. The minimum Gasteiger partial charge on any atom is -0.334 e. The van der Waals surface area contributed by atoms with Crippen LogP contribution < -0.4 is 10.6 Å². The molecule has 2 aromatic carbocycles. The predicted molar refractivity (Wildman–Crippen MR) is 78.4 cm³/mol. The topological polar surface area (TPSA) is 41.1 Å². The number of nitrogens with one attached hydrogen (secondary N) is 2. The molecule has 104 valence electrons. The number of amides is 2. The molecule has 2 aromatic rings. The summed E-state index contributed by atoms with van der Waals surface area (Å²) in [6.45, 7) is 2.00. The van der Waals surface area contributed by atoms with Crippen molar-refractivity contribution in [3.8, 4) is 0 Å². The fourth-order valence-electron chi connectivity index (χ4n) is 1.66. The van der Waals surface area contributed by atoms with Gasteiger partial charge >= 0.3 is 6.03 Å². The number of hydrogen-bond acceptors (Lipinski definition) is 1. The highest BCUT2D eigenvalue weighted by Crippen LogP contribution is 2.19. The number of carbonyl (C=O) groups excluding carboxylic acids is 1. The third-order valence-electron chi connectivity index (χ3n) is 2.83. The first kappa shape index (κ1) is 14.3. The average molecular weight is 293 g/mol. The quantitative estimate of drug-likeness (QED) is 0.878. The lowest BCUT2D eigenvalue weighted by molar-refractivity contribution is 0.251. The number of carbonyl (C=O) groups is 1. The molecule has 0 fully saturated rings. The van der Waals surface area contributed by atoms with Crippen LogP contribution in [-0.2, 0) is 6.54 Å². The van der Waals surface area contributed by atoms with E-state index < -0.39 is 6.03 Å². The Morgan fingerprint density at radius 3 is 2.70 bits per heavy atom. The molecule has 2 amide bonds. The standard InChI is InChI=1S/C15H14ClFN2O/c1-10-6-7-12(8-13(10)16)19-15(20)18-9-11-4-2-3-5-14(11)17/h2-8H,9H2,1H3,(H2,18,19,20). The molecule has 0 heterocycles. The Balaban J connectivity index is 1.93. The third kappa shape index (κ3) is 3.71. The molecule has 0 aliphatic heterocycles. The first-order valence-corrected chi connectivity index (χ1v) is 6.48. The lowest BCUT2D eigenvalue weighted by atomic mass is 10.2. The predicted octanol–water partition coefficient (Wildman–Crippen LogP) is 4.11. The molecular formula is C15H14ClFN2O. The average Bonchev–Trinajstić information content (AvgIpc) is 2.42. The molecule has 0 unspecified atom stereocenters. The first-order valence-electron chi connectivity index (χ1n) is 6.10. The Labute approximate surface area is 121 Å². The van der Waals surface area contributed by atoms with Gasteiger partial charge in [-0.2, -0.15) is 0 Å². The van der Waals surface area contributed by atoms with Crippen molar-refractivity contribution in [2.75, 3.05) is 5.32 Å². The molecule has 0 aliphatic carbocycles. The van der Waals surface area contributed by atoms with Crippen LogP contribution in [-0.4, -0.2) is 6.03 Å². The molecule has 0 bridgehead atoms. The van der Waals surface area contributed by atoms with Crippen LogP contribution in [0.3, 0.4) is 0 Å². The molecule has 5 heteroatoms. The Bertz CT molecular complexity index is 631. The van der Waals surface area contributed by atoms with Gasteiger partial charge in [0, 0.05) is 22.8 Å². The molecule has 20 heavy (non-hydrogen) atoms. The van der Waals surface area contributed by atoms with E-state index in [0.717, 1.165) is 5.56 Å². The van der Waals surface area contributed by atoms with E-state index in [4.69, 9.17) is 11.6 Å². The lowest BCUT2D eigenvalue weighted by Gasteiger charge is -2.09. The van der Waals surface area contributed by atoms with Crippen molar-refractivity contribution in [3.05, 3.63) is 64.4 Å². The summed E-state index contributed by atoms with van der Waals surface area (Å²) in [5.41, 5.74) is 1.96. The molecule has 0 atom stereocenters. The highest BCUT2D eigenvalue weighted by molar-refractivity contribution is 6.31. The molecular weight excluding hydrogens is 279 g/mol. The summed E-state index contributed by atoms with van der Waals surface area (Å²) in [5, 5.41) is 5.81. The second-order valence-corrected chi connectivity index (χ2v) is 4.77. The maximum absolute atomic E-state index is 13.4. The van der Waals surface area contributed by atoms with E-state index >= 15 is 0 Å². The first-order chi connectivity index (χ1) is 9.56. The third-order valence-corrected chi connectivity index (χ3v) is 3.23. The minimum atomic E-state index is -0.409. The van der Waals surface area contributed by atoms with Crippen LogP contribution in [0.4, 0.5) is 14.9 Å². The van der Waals surface area contributed by atoms with Gasteiger partial charge in [0.15, 0.2) is 0 Å². The number of aryl methyl sites for hydroxylation is 1. The van der Waals surface area contributed by atoms with Crippen LogP contribution in [0.5, 0.6) is 0 Å². The van der Waals surface area contributed by atoms with Gasteiger partial charge in [0.2, 0.25) is 0 Å². The SMILES string of the molecule is Cc1ccc(NC(=O)NCc2ccccc2F)cc1Cl. The molecule has 0 aliphatic rings. The number of halogens is 2. The van der Waals surface area contributed by atoms with E-state index in [1.54, 1.807) is 30.3 Å². The monoisotopic (exact) mass is 292 g/mol. The summed E-state index contributed by atoms with van der Waals surface area (Å²) in [4.78, 5) is 11.7. The van der Waals surface area contributed by atoms with Gasteiger partial charge in [-0.15, -0.1) is 0 Å². The highest BCUT2D eigenvalue weighted by Gasteiger charge is 2.05. The van der Waals surface area contributed by atoms with Gasteiger partial charge in [0.05, 0.1) is 0 Å². The van der Waals surface area contributed by atoms with E-state index in [2.05, 4.69) is 10.6 Å². The van der Waals surface area contributed by atoms with Crippen molar-refractivity contribution in [1.29, 1.82) is 0 Å². The number of hydrogen-bond donors (Lipinski definition) is 2. The normalized spacial score (nSPS) is 10.2. The number of anilines is 1. The largest absolute Gasteiger partial charge is 0.334 e. The van der Waals surface area contributed by atoms with Gasteiger partial charge in [-0.25, -0.2) is 9.18 Å². The van der Waals surface area contributed by atoms with Crippen molar-refractivity contribution >= 4 is 23.3 Å². The molecule has 0 saturated carbocycles. The van der Waals surface area contributed by atoms with Gasteiger partial charge in [-0.1, -0.05) is 35.9 Å². The molecule has 3 nitrogen and oxygen atoms in total. The maximum atomic E-state index is 13.4. The van der Waals surface area contributed by atoms with E-state index in [-0.39, 0.29) is 12.4 Å². The zero-order valence-electron chi connectivity index (χ0n) is 10.9. The Hall–Kier alpha value is -2.07. The molecule has 0 saturated heterocycles. The van der Waals surface area contributed by atoms with Gasteiger partial charge in [0.1, 0.15) is 5.82 Å². The summed E-state index contributed by atoms with van der Waals surface area (Å²) in [6.07, 6.45) is 0. The summed E-state index contributed by atoms with van der Waals surface area (Å²) in [7, 11) is 0. The molecule has 0 radical (unpaired) electrons. The Morgan fingerprint density at radius 2 is 2.00 bits per heavy atom. The van der Waals surface area contributed by atoms with Gasteiger partial charge in [0.25, 0.3) is 0 Å². The van der Waals surface area contributed by atoms with Crippen molar-refractivity contribution in [2.24, 2.45) is 0 Å². The Kier molecular flexibility index (Phi) is 4.58. The summed E-state index contributed by atoms with van der Waals surface area (Å²) >= 11 is 5.97. The molecule has 0 aromatic heterocycles. The van der Waals surface area contributed by atoms with E-state index in [1.807, 2.05) is 13.0 Å². The molecule has 2 rings (SSSR count). The molecule has 0 spiro atoms. The van der Waals surface area contributed by atoms with Crippen molar-refractivity contribution in [2.45, 2.75) is 13.5 Å². The second kappa shape index (κ2) is 6.39. The number of rotatable bonds is 3. The summed E-state index contributed by atoms with van der Waals surface area (Å²) in [5.74, 6) is -0.341. The van der Waals surface area contributed by atoms with Crippen LogP contribution in [0, 0.1) is 12.7 Å². The lowest BCUT2D eigenvalue weighted by Crippen LogP contribution is -2.28. The van der Waals surface area contributed by atoms with Crippen molar-refractivity contribution in [3.63, 3.8) is 0 Å². The van der Waals surface area contributed by atoms with Crippen LogP contribution in [0.25, 0.3) is 0 Å². The van der Waals surface area contributed by atoms with Crippen LogP contribution in [0.1, 0.15) is 11.1 Å². The highest BCUT2D eigenvalue weighted by atomic mass is 35.5. The second-order valence-electron chi connectivity index (χ2n) is 4.36. The molecule has 2 N–H and O–H groups in total. The van der Waals surface area contributed by atoms with Gasteiger partial charge in [-0.05, 0) is 30.7 Å². The Morgan fingerprint density at radius 1 is 1.25 bits per heavy atom. The minimum absolute atomic E-state index is 0.123. The van der Waals surface area contributed by atoms with Crippen LogP contribution >= 0.6 is 11.6 Å². The maximum Gasteiger partial charge on any atom is 0.319 e. The van der Waals surface area contributed by atoms with Crippen LogP contribution in [0.2, 0.25) is 5.02 Å². The van der Waals surface area contributed by atoms with Gasteiger partial charge < -0.3 is 10.6 Å². The van der Waals surface area contributed by atoms with Crippen molar-refractivity contribution in [1.82, 2.24) is 5.32 Å². The fraction of sp³-hybridized carbons (Fsp3) is 0.133. The summed E-state index contributed by atoms with van der Waals surface area (Å²) in [6, 6.07) is 11.1. The van der Waals surface area contributed by atoms with Crippen LogP contribution in [0.15, 0.2) is 42.5 Å². The zero-order chi connectivity index (χ0) is 14.5. The van der Waals surface area contributed by atoms with Gasteiger partial charge in [-0.3, -0.25) is 0 Å². The number of urea groups is 1.